The number of urea groups is 1. The number of hydrogen-bond acceptors (Lipinski definition) is 4. The minimum absolute atomic E-state index is 0.0766. The highest BCUT2D eigenvalue weighted by atomic mass is 19.3. The van der Waals surface area contributed by atoms with E-state index < -0.39 is 6.61 Å². The van der Waals surface area contributed by atoms with E-state index in [0.29, 0.717) is 6.54 Å². The van der Waals surface area contributed by atoms with Crippen molar-refractivity contribution in [3.8, 4) is 5.88 Å². The first-order chi connectivity index (χ1) is 11.8. The van der Waals surface area contributed by atoms with E-state index in [-0.39, 0.29) is 29.2 Å². The smallest absolute Gasteiger partial charge is 0.388 e. The number of aryl methyl sites for hydroxylation is 1. The Labute approximate surface area is 143 Å². The minimum Gasteiger partial charge on any atom is -0.417 e. The molecule has 1 atom stereocenters. The summed E-state index contributed by atoms with van der Waals surface area (Å²) in [6.07, 6.45) is 3.37. The maximum absolute atomic E-state index is 12.6. The van der Waals surface area contributed by atoms with E-state index in [1.165, 1.54) is 13.1 Å². The normalized spacial score (nSPS) is 18.8. The number of nitrogens with one attached hydrogen (secondary N) is 1. The number of nitrogens with zero attached hydrogens (tertiary/aromatic N) is 4. The number of alkyl halides is 2. The van der Waals surface area contributed by atoms with Crippen LogP contribution in [0, 0.1) is 5.41 Å². The summed E-state index contributed by atoms with van der Waals surface area (Å²) in [5.41, 5.74) is 0.913. The number of anilines is 1. The zero-order valence-electron chi connectivity index (χ0n) is 14.1. The predicted molar refractivity (Wildman–Crippen MR) is 86.3 cm³/mol. The number of halogens is 2. The van der Waals surface area contributed by atoms with Gasteiger partial charge in [0.1, 0.15) is 0 Å². The maximum atomic E-state index is 12.6. The van der Waals surface area contributed by atoms with Gasteiger partial charge in [0, 0.05) is 37.5 Å². The Balaban J connectivity index is 1.73. The van der Waals surface area contributed by atoms with Crippen LogP contribution in [0.25, 0.3) is 0 Å². The number of pyridine rings is 1. The molecule has 1 fully saturated rings. The van der Waals surface area contributed by atoms with Crippen LogP contribution in [0.4, 0.5) is 19.4 Å². The monoisotopic (exact) mass is 351 g/mol. The molecule has 0 aromatic carbocycles. The molecule has 0 bridgehead atoms. The summed E-state index contributed by atoms with van der Waals surface area (Å²) in [7, 11) is 1.46. The van der Waals surface area contributed by atoms with Crippen molar-refractivity contribution in [3.63, 3.8) is 0 Å². The standard InChI is InChI=1S/C16H19F2N5O2/c1-16(2)9-23(13(16)10-4-6-19-7-5-10)15(24)20-11-8-12(22(3)21-11)25-14(17)18/h4-8,13-14H,9H2,1-3H3,(H,20,21,24). The molecular formula is C16H19F2N5O2. The van der Waals surface area contributed by atoms with Crippen LogP contribution in [0.2, 0.25) is 0 Å². The molecule has 3 heterocycles. The van der Waals surface area contributed by atoms with Crippen molar-refractivity contribution in [2.24, 2.45) is 12.5 Å². The Bertz CT molecular complexity index is 763. The summed E-state index contributed by atoms with van der Waals surface area (Å²) in [5, 5.41) is 6.60. The molecule has 0 aliphatic carbocycles. The summed E-state index contributed by atoms with van der Waals surface area (Å²) in [5.74, 6) is 0.0289. The van der Waals surface area contributed by atoms with Crippen LogP contribution in [0.15, 0.2) is 30.6 Å². The number of carbonyl (C=O) groups is 1. The van der Waals surface area contributed by atoms with E-state index in [2.05, 4.69) is 34.0 Å². The van der Waals surface area contributed by atoms with Gasteiger partial charge in [0.25, 0.3) is 0 Å². The van der Waals surface area contributed by atoms with Crippen LogP contribution >= 0.6 is 0 Å². The molecule has 25 heavy (non-hydrogen) atoms. The van der Waals surface area contributed by atoms with Gasteiger partial charge in [-0.15, -0.1) is 0 Å². The summed E-state index contributed by atoms with van der Waals surface area (Å²) in [6, 6.07) is 4.57. The van der Waals surface area contributed by atoms with Crippen molar-refractivity contribution in [3.05, 3.63) is 36.2 Å². The van der Waals surface area contributed by atoms with Gasteiger partial charge >= 0.3 is 12.6 Å². The summed E-state index contributed by atoms with van der Waals surface area (Å²) in [4.78, 5) is 18.2. The van der Waals surface area contributed by atoms with Crippen LogP contribution in [0.3, 0.4) is 0 Å². The first-order valence-corrected chi connectivity index (χ1v) is 7.74. The molecule has 2 amide bonds. The quantitative estimate of drug-likeness (QED) is 0.919. The van der Waals surface area contributed by atoms with Crippen LogP contribution in [-0.4, -0.2) is 38.9 Å². The van der Waals surface area contributed by atoms with Crippen molar-refractivity contribution in [2.75, 3.05) is 11.9 Å². The molecule has 1 N–H and O–H groups in total. The molecule has 0 spiro atoms. The fourth-order valence-corrected chi connectivity index (χ4v) is 3.19. The minimum atomic E-state index is -2.95. The fourth-order valence-electron chi connectivity index (χ4n) is 3.19. The second-order valence-corrected chi connectivity index (χ2v) is 6.60. The van der Waals surface area contributed by atoms with Gasteiger partial charge in [-0.05, 0) is 17.7 Å². The van der Waals surface area contributed by atoms with E-state index in [4.69, 9.17) is 0 Å². The van der Waals surface area contributed by atoms with Gasteiger partial charge in [-0.1, -0.05) is 13.8 Å². The van der Waals surface area contributed by atoms with Gasteiger partial charge in [0.05, 0.1) is 6.04 Å². The Hall–Kier alpha value is -2.71. The van der Waals surface area contributed by atoms with Gasteiger partial charge in [0.2, 0.25) is 5.88 Å². The third-order valence-corrected chi connectivity index (χ3v) is 4.19. The van der Waals surface area contributed by atoms with E-state index >= 15 is 0 Å². The average molecular weight is 351 g/mol. The second kappa shape index (κ2) is 6.30. The fraction of sp³-hybridized carbons (Fsp3) is 0.438. The van der Waals surface area contributed by atoms with Crippen LogP contribution < -0.4 is 10.1 Å². The molecule has 7 nitrogen and oxygen atoms in total. The second-order valence-electron chi connectivity index (χ2n) is 6.60. The SMILES string of the molecule is Cn1nc(NC(=O)N2CC(C)(C)C2c2ccncc2)cc1OC(F)F. The van der Waals surface area contributed by atoms with Gasteiger partial charge in [-0.3, -0.25) is 10.3 Å². The highest BCUT2D eigenvalue weighted by molar-refractivity contribution is 5.89. The summed E-state index contributed by atoms with van der Waals surface area (Å²) in [6.45, 7) is 1.78. The predicted octanol–water partition coefficient (Wildman–Crippen LogP) is 3.03. The van der Waals surface area contributed by atoms with Gasteiger partial charge in [-0.2, -0.15) is 13.9 Å². The van der Waals surface area contributed by atoms with E-state index in [0.717, 1.165) is 10.2 Å². The first kappa shape index (κ1) is 17.1. The largest absolute Gasteiger partial charge is 0.417 e. The molecule has 0 saturated carbocycles. The maximum Gasteiger partial charge on any atom is 0.388 e. The number of aromatic nitrogens is 3. The number of carbonyl (C=O) groups excluding carboxylic acids is 1. The van der Waals surface area contributed by atoms with Gasteiger partial charge in [-0.25, -0.2) is 9.48 Å². The molecule has 1 saturated heterocycles. The molecule has 2 aromatic rings. The number of hydrogen-bond donors (Lipinski definition) is 1. The van der Waals surface area contributed by atoms with Crippen molar-refractivity contribution < 1.29 is 18.3 Å². The lowest BCUT2D eigenvalue weighted by Crippen LogP contribution is -2.59. The Morgan fingerprint density at radius 1 is 1.40 bits per heavy atom. The molecule has 134 valence electrons. The molecule has 1 aliphatic rings. The van der Waals surface area contributed by atoms with E-state index in [1.54, 1.807) is 17.3 Å². The lowest BCUT2D eigenvalue weighted by atomic mass is 9.72. The third kappa shape index (κ3) is 3.40. The van der Waals surface area contributed by atoms with Gasteiger partial charge < -0.3 is 9.64 Å². The molecule has 2 aromatic heterocycles. The molecular weight excluding hydrogens is 332 g/mol. The number of amides is 2. The van der Waals surface area contributed by atoms with Crippen LogP contribution in [0.5, 0.6) is 5.88 Å². The summed E-state index contributed by atoms with van der Waals surface area (Å²) < 4.78 is 30.1. The molecule has 1 unspecified atom stereocenters. The Kier molecular flexibility index (Phi) is 4.32. The molecule has 1 aliphatic heterocycles. The zero-order chi connectivity index (χ0) is 18.2. The Morgan fingerprint density at radius 3 is 2.68 bits per heavy atom. The molecule has 3 rings (SSSR count). The average Bonchev–Trinajstić information content (AvgIpc) is 2.85. The third-order valence-electron chi connectivity index (χ3n) is 4.19. The number of rotatable bonds is 4. The molecule has 9 heteroatoms. The first-order valence-electron chi connectivity index (χ1n) is 7.74. The Morgan fingerprint density at radius 2 is 2.08 bits per heavy atom. The van der Waals surface area contributed by atoms with Gasteiger partial charge in [0.15, 0.2) is 5.82 Å². The molecule has 0 radical (unpaired) electrons. The summed E-state index contributed by atoms with van der Waals surface area (Å²) >= 11 is 0. The lowest BCUT2D eigenvalue weighted by molar-refractivity contribution is -0.0553. The lowest BCUT2D eigenvalue weighted by Gasteiger charge is -2.54. The van der Waals surface area contributed by atoms with E-state index in [1.807, 2.05) is 12.1 Å². The van der Waals surface area contributed by atoms with Crippen LogP contribution in [-0.2, 0) is 7.05 Å². The van der Waals surface area contributed by atoms with Crippen molar-refractivity contribution in [1.82, 2.24) is 19.7 Å². The van der Waals surface area contributed by atoms with Crippen molar-refractivity contribution in [1.29, 1.82) is 0 Å². The number of ether oxygens (including phenoxy) is 1. The van der Waals surface area contributed by atoms with Crippen molar-refractivity contribution >= 4 is 11.8 Å². The van der Waals surface area contributed by atoms with Crippen molar-refractivity contribution in [2.45, 2.75) is 26.5 Å². The zero-order valence-corrected chi connectivity index (χ0v) is 14.1. The highest BCUT2D eigenvalue weighted by Crippen LogP contribution is 2.48. The topological polar surface area (TPSA) is 72.3 Å². The highest BCUT2D eigenvalue weighted by Gasteiger charge is 2.49. The number of likely N-dealkylation sites (tertiary alicyclic amines) is 1. The van der Waals surface area contributed by atoms with Crippen LogP contribution in [0.1, 0.15) is 25.5 Å². The van der Waals surface area contributed by atoms with E-state index in [9.17, 15) is 13.6 Å².